The topological polar surface area (TPSA) is 67.8 Å². The number of carbonyl (C=O) groups excluding carboxylic acids is 2. The Kier molecular flexibility index (Phi) is 5.19. The average Bonchev–Trinajstić information content (AvgIpc) is 2.44. The van der Waals surface area contributed by atoms with Gasteiger partial charge in [0.05, 0.1) is 0 Å². The highest BCUT2D eigenvalue weighted by Crippen LogP contribution is 2.31. The molecule has 0 heterocycles. The van der Waals surface area contributed by atoms with Crippen LogP contribution in [0.2, 0.25) is 0 Å². The largest absolute Gasteiger partial charge is 0.483 e. The van der Waals surface area contributed by atoms with E-state index in [1.54, 1.807) is 0 Å². The van der Waals surface area contributed by atoms with E-state index in [0.29, 0.717) is 18.6 Å². The molecule has 0 radical (unpaired) electrons. The maximum absolute atomic E-state index is 11.9. The van der Waals surface area contributed by atoms with E-state index in [4.69, 9.17) is 4.74 Å². The number of ketones is 1. The molecule has 1 fully saturated rings. The normalized spacial score (nSPS) is 18.8. The summed E-state index contributed by atoms with van der Waals surface area (Å²) in [7, 11) is 0. The van der Waals surface area contributed by atoms with Gasteiger partial charge < -0.3 is 4.74 Å². The molecule has 2 rings (SSSR count). The first kappa shape index (κ1) is 17.2. The molecule has 0 aliphatic heterocycles. The van der Waals surface area contributed by atoms with Crippen molar-refractivity contribution in [1.29, 1.82) is 0 Å². The van der Waals surface area contributed by atoms with Crippen LogP contribution in [0.1, 0.15) is 44.2 Å². The van der Waals surface area contributed by atoms with Crippen LogP contribution in [-0.4, -0.2) is 24.0 Å². The minimum atomic E-state index is -0.325. The summed E-state index contributed by atoms with van der Waals surface area (Å²) in [6.07, 6.45) is 1.61. The summed E-state index contributed by atoms with van der Waals surface area (Å²) < 4.78 is 5.53. The predicted octanol–water partition coefficient (Wildman–Crippen LogP) is 2.93. The molecule has 5 heteroatoms. The van der Waals surface area contributed by atoms with Crippen LogP contribution in [0.3, 0.4) is 0 Å². The van der Waals surface area contributed by atoms with E-state index in [-0.39, 0.29) is 23.7 Å². The third-order valence-electron chi connectivity index (χ3n) is 3.80. The van der Waals surface area contributed by atoms with Gasteiger partial charge in [-0.3, -0.25) is 9.59 Å². The first-order valence-electron chi connectivity index (χ1n) is 7.81. The van der Waals surface area contributed by atoms with E-state index in [2.05, 4.69) is 10.5 Å². The second-order valence-electron chi connectivity index (χ2n) is 7.00. The summed E-state index contributed by atoms with van der Waals surface area (Å²) in [4.78, 5) is 23.6. The molecule has 0 unspecified atom stereocenters. The van der Waals surface area contributed by atoms with Gasteiger partial charge in [0.1, 0.15) is 11.5 Å². The number of Topliss-reactive ketones (excluding diaryl/α,β-unsaturated/α-hetero) is 1. The minimum absolute atomic E-state index is 0.0892. The van der Waals surface area contributed by atoms with Gasteiger partial charge in [0.25, 0.3) is 5.91 Å². The Morgan fingerprint density at radius 2 is 2.04 bits per heavy atom. The second kappa shape index (κ2) is 6.94. The van der Waals surface area contributed by atoms with E-state index in [9.17, 15) is 9.59 Å². The van der Waals surface area contributed by atoms with Gasteiger partial charge >= 0.3 is 0 Å². The predicted molar refractivity (Wildman–Crippen MR) is 89.6 cm³/mol. The van der Waals surface area contributed by atoms with Crippen molar-refractivity contribution in [3.8, 4) is 5.75 Å². The molecule has 1 amide bonds. The maximum atomic E-state index is 11.9. The molecule has 0 spiro atoms. The molecule has 23 heavy (non-hydrogen) atoms. The van der Waals surface area contributed by atoms with Crippen LogP contribution in [0.5, 0.6) is 5.75 Å². The van der Waals surface area contributed by atoms with E-state index in [1.807, 2.05) is 45.9 Å². The number of carbonyl (C=O) groups is 2. The average molecular weight is 316 g/mol. The molecule has 0 bridgehead atoms. The lowest BCUT2D eigenvalue weighted by molar-refractivity contribution is -0.123. The van der Waals surface area contributed by atoms with Gasteiger partial charge in [-0.2, -0.15) is 5.10 Å². The zero-order valence-corrected chi connectivity index (χ0v) is 14.2. The number of rotatable bonds is 4. The fourth-order valence-corrected chi connectivity index (χ4v) is 2.76. The van der Waals surface area contributed by atoms with E-state index >= 15 is 0 Å². The van der Waals surface area contributed by atoms with Crippen molar-refractivity contribution in [3.63, 3.8) is 0 Å². The van der Waals surface area contributed by atoms with Gasteiger partial charge in [0.15, 0.2) is 6.61 Å². The van der Waals surface area contributed by atoms with Gasteiger partial charge in [-0.15, -0.1) is 0 Å². The highest BCUT2D eigenvalue weighted by Gasteiger charge is 2.30. The summed E-state index contributed by atoms with van der Waals surface area (Å²) in [6, 6.07) is 5.85. The highest BCUT2D eigenvalue weighted by atomic mass is 16.5. The third kappa shape index (κ3) is 5.20. The number of nitrogens with one attached hydrogen (secondary N) is 1. The van der Waals surface area contributed by atoms with E-state index in [1.165, 1.54) is 0 Å². The van der Waals surface area contributed by atoms with Crippen LogP contribution in [0.15, 0.2) is 23.3 Å². The number of hydrogen-bond acceptors (Lipinski definition) is 4. The third-order valence-corrected chi connectivity index (χ3v) is 3.80. The Morgan fingerprint density at radius 1 is 1.30 bits per heavy atom. The Bertz CT molecular complexity index is 648. The zero-order valence-electron chi connectivity index (χ0n) is 14.2. The van der Waals surface area contributed by atoms with Crippen molar-refractivity contribution in [2.45, 2.75) is 47.0 Å². The van der Waals surface area contributed by atoms with Crippen LogP contribution < -0.4 is 10.2 Å². The van der Waals surface area contributed by atoms with Crippen LogP contribution in [0.4, 0.5) is 0 Å². The number of aryl methyl sites for hydroxylation is 2. The van der Waals surface area contributed by atoms with Crippen molar-refractivity contribution in [1.82, 2.24) is 5.43 Å². The van der Waals surface area contributed by atoms with Crippen molar-refractivity contribution >= 4 is 17.4 Å². The van der Waals surface area contributed by atoms with Crippen LogP contribution in [-0.2, 0) is 9.59 Å². The number of hydrogen-bond donors (Lipinski definition) is 1. The minimum Gasteiger partial charge on any atom is -0.483 e. The Hall–Kier alpha value is -2.17. The number of ether oxygens (including phenoxy) is 1. The van der Waals surface area contributed by atoms with Gasteiger partial charge in [0, 0.05) is 18.6 Å². The van der Waals surface area contributed by atoms with Crippen molar-refractivity contribution < 1.29 is 14.3 Å². The lowest BCUT2D eigenvalue weighted by Crippen LogP contribution is -2.32. The molecule has 1 saturated carbocycles. The lowest BCUT2D eigenvalue weighted by Gasteiger charge is -2.28. The summed E-state index contributed by atoms with van der Waals surface area (Å²) in [5.74, 6) is 0.539. The maximum Gasteiger partial charge on any atom is 0.277 e. The molecule has 0 atom stereocenters. The molecule has 1 aromatic carbocycles. The Balaban J connectivity index is 1.89. The smallest absolute Gasteiger partial charge is 0.277 e. The molecule has 0 aromatic heterocycles. The lowest BCUT2D eigenvalue weighted by atomic mass is 9.76. The quantitative estimate of drug-likeness (QED) is 0.868. The highest BCUT2D eigenvalue weighted by molar-refractivity contribution is 6.05. The number of nitrogens with zero attached hydrogens (tertiary/aromatic N) is 1. The Labute approximate surface area is 137 Å². The monoisotopic (exact) mass is 316 g/mol. The van der Waals surface area contributed by atoms with Crippen LogP contribution in [0, 0.1) is 19.3 Å². The van der Waals surface area contributed by atoms with Gasteiger partial charge in [-0.1, -0.05) is 26.0 Å². The standard InChI is InChI=1S/C18H24N2O3/c1-12-5-6-13(2)16(7-12)23-11-17(22)20-19-14-8-15(21)10-18(3,4)9-14/h5-7H,8-11H2,1-4H3,(H,20,22)/b19-14+. The van der Waals surface area contributed by atoms with Gasteiger partial charge in [-0.05, 0) is 42.9 Å². The molecule has 1 aliphatic carbocycles. The number of amides is 1. The van der Waals surface area contributed by atoms with Crippen molar-refractivity contribution in [2.75, 3.05) is 6.61 Å². The number of benzene rings is 1. The molecular weight excluding hydrogens is 292 g/mol. The second-order valence-corrected chi connectivity index (χ2v) is 7.00. The fourth-order valence-electron chi connectivity index (χ4n) is 2.76. The SMILES string of the molecule is Cc1ccc(C)c(OCC(=O)N/N=C2\CC(=O)CC(C)(C)C2)c1. The molecule has 1 aliphatic rings. The fraction of sp³-hybridized carbons (Fsp3) is 0.500. The van der Waals surface area contributed by atoms with E-state index < -0.39 is 0 Å². The molecule has 124 valence electrons. The van der Waals surface area contributed by atoms with Crippen LogP contribution in [0.25, 0.3) is 0 Å². The van der Waals surface area contributed by atoms with E-state index in [0.717, 1.165) is 23.3 Å². The van der Waals surface area contributed by atoms with Crippen molar-refractivity contribution in [2.24, 2.45) is 10.5 Å². The van der Waals surface area contributed by atoms with Crippen molar-refractivity contribution in [3.05, 3.63) is 29.3 Å². The molecule has 0 saturated heterocycles. The summed E-state index contributed by atoms with van der Waals surface area (Å²) in [5.41, 5.74) is 5.18. The summed E-state index contributed by atoms with van der Waals surface area (Å²) >= 11 is 0. The Morgan fingerprint density at radius 3 is 2.74 bits per heavy atom. The number of hydrazone groups is 1. The van der Waals surface area contributed by atoms with Gasteiger partial charge in [0.2, 0.25) is 0 Å². The summed E-state index contributed by atoms with van der Waals surface area (Å²) in [5, 5.41) is 4.10. The van der Waals surface area contributed by atoms with Crippen LogP contribution >= 0.6 is 0 Å². The zero-order chi connectivity index (χ0) is 17.0. The molecule has 1 aromatic rings. The first-order valence-corrected chi connectivity index (χ1v) is 7.81. The molecular formula is C18H24N2O3. The molecule has 5 nitrogen and oxygen atoms in total. The molecule has 1 N–H and O–H groups in total. The summed E-state index contributed by atoms with van der Waals surface area (Å²) in [6.45, 7) is 7.87. The first-order chi connectivity index (χ1) is 10.7. The van der Waals surface area contributed by atoms with Gasteiger partial charge in [-0.25, -0.2) is 5.43 Å².